The van der Waals surface area contributed by atoms with Crippen molar-refractivity contribution in [2.45, 2.75) is 19.0 Å². The summed E-state index contributed by atoms with van der Waals surface area (Å²) in [6.45, 7) is 3.86. The molecule has 0 spiro atoms. The molecule has 1 heterocycles. The molecule has 20 heavy (non-hydrogen) atoms. The van der Waals surface area contributed by atoms with E-state index in [1.165, 1.54) is 0 Å². The van der Waals surface area contributed by atoms with E-state index < -0.39 is 5.56 Å². The average Bonchev–Trinajstić information content (AvgIpc) is 2.35. The van der Waals surface area contributed by atoms with Gasteiger partial charge in [0.2, 0.25) is 5.88 Å². The highest BCUT2D eigenvalue weighted by Crippen LogP contribution is 2.18. The van der Waals surface area contributed by atoms with Gasteiger partial charge >= 0.3 is 0 Å². The van der Waals surface area contributed by atoms with E-state index in [1.54, 1.807) is 6.07 Å². The summed E-state index contributed by atoms with van der Waals surface area (Å²) in [6, 6.07) is 6.62. The smallest absolute Gasteiger partial charge is 0.255 e. The zero-order chi connectivity index (χ0) is 14.7. The predicted octanol–water partition coefficient (Wildman–Crippen LogP) is 2.07. The number of Topliss-reactive ketones (excluding diaryl/α,β-unsaturated/α-hetero) is 1. The molecule has 0 unspecified atom stereocenters. The van der Waals surface area contributed by atoms with E-state index in [9.17, 15) is 14.7 Å². The second-order valence-corrected chi connectivity index (χ2v) is 5.40. The number of H-pyrrole nitrogens is 1. The van der Waals surface area contributed by atoms with Crippen LogP contribution in [0.1, 0.15) is 21.5 Å². The summed E-state index contributed by atoms with van der Waals surface area (Å²) in [5, 5.41) is 9.45. The predicted molar refractivity (Wildman–Crippen MR) is 77.5 cm³/mol. The quantitative estimate of drug-likeness (QED) is 0.511. The molecule has 104 valence electrons. The number of thioether (sulfide) groups is 1. The molecule has 0 atom stereocenters. The first-order valence-corrected chi connectivity index (χ1v) is 6.98. The van der Waals surface area contributed by atoms with E-state index in [2.05, 4.69) is 9.97 Å². The molecule has 0 aliphatic carbocycles. The Balaban J connectivity index is 2.10. The SMILES string of the molecule is Cc1ccc(C(=O)CSc2nc(O)cc(=O)[nH]2)c(C)c1. The molecular weight excluding hydrogens is 276 g/mol. The van der Waals surface area contributed by atoms with Gasteiger partial charge in [-0.2, -0.15) is 4.98 Å². The minimum absolute atomic E-state index is 0.0431. The Hall–Kier alpha value is -2.08. The lowest BCUT2D eigenvalue weighted by Crippen LogP contribution is -2.09. The van der Waals surface area contributed by atoms with Gasteiger partial charge in [0.15, 0.2) is 10.9 Å². The van der Waals surface area contributed by atoms with Crippen LogP contribution in [0, 0.1) is 13.8 Å². The van der Waals surface area contributed by atoms with Crippen molar-refractivity contribution in [2.75, 3.05) is 5.75 Å². The van der Waals surface area contributed by atoms with Crippen LogP contribution in [-0.4, -0.2) is 26.6 Å². The van der Waals surface area contributed by atoms with Crippen LogP contribution in [0.4, 0.5) is 0 Å². The van der Waals surface area contributed by atoms with Crippen LogP contribution in [0.25, 0.3) is 0 Å². The van der Waals surface area contributed by atoms with Gasteiger partial charge in [0.1, 0.15) is 0 Å². The monoisotopic (exact) mass is 290 g/mol. The Bertz CT molecular complexity index is 710. The normalized spacial score (nSPS) is 10.5. The highest BCUT2D eigenvalue weighted by atomic mass is 32.2. The van der Waals surface area contributed by atoms with Crippen molar-refractivity contribution in [3.63, 3.8) is 0 Å². The van der Waals surface area contributed by atoms with Crippen molar-refractivity contribution >= 4 is 17.5 Å². The second-order valence-electron chi connectivity index (χ2n) is 4.44. The number of nitrogens with zero attached hydrogens (tertiary/aromatic N) is 1. The van der Waals surface area contributed by atoms with E-state index >= 15 is 0 Å². The summed E-state index contributed by atoms with van der Waals surface area (Å²) in [5.74, 6) is -0.246. The second kappa shape index (κ2) is 5.92. The first-order chi connectivity index (χ1) is 9.45. The molecule has 2 aromatic rings. The van der Waals surface area contributed by atoms with Crippen molar-refractivity contribution in [3.8, 4) is 5.88 Å². The number of aromatic nitrogens is 2. The largest absolute Gasteiger partial charge is 0.493 e. The van der Waals surface area contributed by atoms with Crippen LogP contribution in [0.3, 0.4) is 0 Å². The number of hydrogen-bond donors (Lipinski definition) is 2. The first kappa shape index (κ1) is 14.3. The van der Waals surface area contributed by atoms with Gasteiger partial charge in [-0.05, 0) is 19.4 Å². The van der Waals surface area contributed by atoms with Gasteiger partial charge < -0.3 is 10.1 Å². The summed E-state index contributed by atoms with van der Waals surface area (Å²) in [4.78, 5) is 29.5. The maximum atomic E-state index is 12.1. The number of ketones is 1. The van der Waals surface area contributed by atoms with Crippen molar-refractivity contribution in [3.05, 3.63) is 51.3 Å². The number of nitrogens with one attached hydrogen (secondary N) is 1. The molecule has 1 aromatic heterocycles. The molecule has 2 rings (SSSR count). The number of hydrogen-bond acceptors (Lipinski definition) is 5. The third-order valence-electron chi connectivity index (χ3n) is 2.73. The van der Waals surface area contributed by atoms with Crippen molar-refractivity contribution in [1.29, 1.82) is 0 Å². The number of aromatic hydroxyl groups is 1. The van der Waals surface area contributed by atoms with Crippen molar-refractivity contribution in [1.82, 2.24) is 9.97 Å². The summed E-state index contributed by atoms with van der Waals surface area (Å²) >= 11 is 1.09. The highest BCUT2D eigenvalue weighted by molar-refractivity contribution is 7.99. The van der Waals surface area contributed by atoms with Gasteiger partial charge in [-0.15, -0.1) is 0 Å². The topological polar surface area (TPSA) is 83.0 Å². The highest BCUT2D eigenvalue weighted by Gasteiger charge is 2.11. The van der Waals surface area contributed by atoms with Crippen LogP contribution in [0.15, 0.2) is 34.2 Å². The van der Waals surface area contributed by atoms with E-state index in [0.29, 0.717) is 5.56 Å². The molecule has 0 radical (unpaired) electrons. The maximum absolute atomic E-state index is 12.1. The van der Waals surface area contributed by atoms with Crippen LogP contribution in [0.5, 0.6) is 5.88 Å². The van der Waals surface area contributed by atoms with Crippen molar-refractivity contribution in [2.24, 2.45) is 0 Å². The van der Waals surface area contributed by atoms with Gasteiger partial charge in [-0.1, -0.05) is 35.5 Å². The van der Waals surface area contributed by atoms with E-state index in [0.717, 1.165) is 29.0 Å². The standard InChI is InChI=1S/C14H14N2O3S/c1-8-3-4-10(9(2)5-8)11(17)7-20-14-15-12(18)6-13(19)16-14/h3-6H,7H2,1-2H3,(H2,15,16,18,19). The minimum Gasteiger partial charge on any atom is -0.493 e. The third-order valence-corrected chi connectivity index (χ3v) is 3.60. The molecule has 6 heteroatoms. The number of aryl methyl sites for hydroxylation is 2. The average molecular weight is 290 g/mol. The number of carbonyl (C=O) groups is 1. The molecule has 0 aliphatic heterocycles. The Morgan fingerprint density at radius 2 is 2.10 bits per heavy atom. The Morgan fingerprint density at radius 1 is 1.35 bits per heavy atom. The summed E-state index contributed by atoms with van der Waals surface area (Å²) in [7, 11) is 0. The lowest BCUT2D eigenvalue weighted by molar-refractivity contribution is 0.102. The molecule has 0 fully saturated rings. The van der Waals surface area contributed by atoms with Crippen LogP contribution in [-0.2, 0) is 0 Å². The molecule has 1 aromatic carbocycles. The number of aromatic amines is 1. The Kier molecular flexibility index (Phi) is 4.24. The minimum atomic E-state index is -0.445. The zero-order valence-corrected chi connectivity index (χ0v) is 12.0. The van der Waals surface area contributed by atoms with Gasteiger partial charge in [0, 0.05) is 5.56 Å². The Morgan fingerprint density at radius 3 is 2.75 bits per heavy atom. The van der Waals surface area contributed by atoms with Gasteiger partial charge in [0.25, 0.3) is 5.56 Å². The maximum Gasteiger partial charge on any atom is 0.255 e. The van der Waals surface area contributed by atoms with Gasteiger partial charge in [0.05, 0.1) is 11.8 Å². The molecule has 5 nitrogen and oxygen atoms in total. The number of carbonyl (C=O) groups excluding carboxylic acids is 1. The fourth-order valence-electron chi connectivity index (χ4n) is 1.83. The summed E-state index contributed by atoms with van der Waals surface area (Å²) in [5.41, 5.74) is 2.24. The Labute approximate surface area is 120 Å². The lowest BCUT2D eigenvalue weighted by atomic mass is 10.0. The first-order valence-electron chi connectivity index (χ1n) is 5.99. The van der Waals surface area contributed by atoms with Gasteiger partial charge in [-0.3, -0.25) is 9.59 Å². The molecular formula is C14H14N2O3S. The fourth-order valence-corrected chi connectivity index (χ4v) is 2.58. The van der Waals surface area contributed by atoms with E-state index in [-0.39, 0.29) is 22.6 Å². The molecule has 0 bridgehead atoms. The summed E-state index contributed by atoms with van der Waals surface area (Å²) in [6.07, 6.45) is 0. The number of rotatable bonds is 4. The van der Waals surface area contributed by atoms with Gasteiger partial charge in [-0.25, -0.2) is 0 Å². The fraction of sp³-hybridized carbons (Fsp3) is 0.214. The molecule has 0 saturated heterocycles. The molecule has 2 N–H and O–H groups in total. The third kappa shape index (κ3) is 3.48. The molecule has 0 aliphatic rings. The molecule has 0 saturated carbocycles. The summed E-state index contributed by atoms with van der Waals surface area (Å²) < 4.78 is 0. The number of benzene rings is 1. The van der Waals surface area contributed by atoms with Crippen LogP contribution in [0.2, 0.25) is 0 Å². The van der Waals surface area contributed by atoms with E-state index in [4.69, 9.17) is 0 Å². The zero-order valence-electron chi connectivity index (χ0n) is 11.1. The van der Waals surface area contributed by atoms with Crippen LogP contribution < -0.4 is 5.56 Å². The molecule has 0 amide bonds. The van der Waals surface area contributed by atoms with Crippen molar-refractivity contribution < 1.29 is 9.90 Å². The lowest BCUT2D eigenvalue weighted by Gasteiger charge is -2.05. The van der Waals surface area contributed by atoms with E-state index in [1.807, 2.05) is 26.0 Å². The van der Waals surface area contributed by atoms with Crippen LogP contribution >= 0.6 is 11.8 Å².